The van der Waals surface area contributed by atoms with Crippen LogP contribution in [0.1, 0.15) is 16.8 Å². The molecule has 0 atom stereocenters. The molecule has 1 aromatic heterocycles. The molecular weight excluding hydrogens is 302 g/mol. The van der Waals surface area contributed by atoms with Gasteiger partial charge in [0, 0.05) is 25.6 Å². The van der Waals surface area contributed by atoms with Crippen molar-refractivity contribution in [2.75, 3.05) is 26.8 Å². The first-order chi connectivity index (χ1) is 9.45. The van der Waals surface area contributed by atoms with Gasteiger partial charge in [-0.3, -0.25) is 0 Å². The van der Waals surface area contributed by atoms with Crippen LogP contribution in [0.2, 0.25) is 0 Å². The highest BCUT2D eigenvalue weighted by atomic mass is 32.2. The molecule has 1 aliphatic rings. The minimum atomic E-state index is -3.61. The van der Waals surface area contributed by atoms with Crippen LogP contribution in [-0.2, 0) is 14.8 Å². The number of nitrogens with zero attached hydrogens (tertiary/aromatic N) is 1. The Labute approximate surface area is 121 Å². The standard InChI is InChI=1S/C12H15NO5S2/c1-18-7-9-2-4-13(5-3-9)20(16,17)11-6-10(8-19-11)12(14)15/h2,6,8H,3-5,7H2,1H3,(H,14,15). The molecule has 2 rings (SSSR count). The Hall–Kier alpha value is -1.22. The number of carboxylic acids is 1. The fourth-order valence-electron chi connectivity index (χ4n) is 1.92. The van der Waals surface area contributed by atoms with Gasteiger partial charge in [0.25, 0.3) is 10.0 Å². The second-order valence-electron chi connectivity index (χ2n) is 4.37. The van der Waals surface area contributed by atoms with Gasteiger partial charge >= 0.3 is 5.97 Å². The van der Waals surface area contributed by atoms with Crippen molar-refractivity contribution in [3.8, 4) is 0 Å². The average Bonchev–Trinajstić information content (AvgIpc) is 2.90. The van der Waals surface area contributed by atoms with E-state index in [0.29, 0.717) is 26.1 Å². The van der Waals surface area contributed by atoms with Gasteiger partial charge in [0.2, 0.25) is 0 Å². The van der Waals surface area contributed by atoms with Crippen molar-refractivity contribution in [3.05, 3.63) is 28.7 Å². The number of rotatable bonds is 5. The highest BCUT2D eigenvalue weighted by molar-refractivity contribution is 7.91. The Morgan fingerprint density at radius 3 is 2.80 bits per heavy atom. The lowest BCUT2D eigenvalue weighted by Crippen LogP contribution is -2.34. The van der Waals surface area contributed by atoms with E-state index in [-0.39, 0.29) is 9.77 Å². The summed E-state index contributed by atoms with van der Waals surface area (Å²) in [4.78, 5) is 10.8. The first-order valence-electron chi connectivity index (χ1n) is 5.94. The Kier molecular flexibility index (Phi) is 4.59. The summed E-state index contributed by atoms with van der Waals surface area (Å²) in [6.45, 7) is 1.19. The van der Waals surface area contributed by atoms with Crippen molar-refractivity contribution in [3.63, 3.8) is 0 Å². The predicted octanol–water partition coefficient (Wildman–Crippen LogP) is 1.41. The molecule has 1 N–H and O–H groups in total. The molecule has 1 aromatic rings. The topological polar surface area (TPSA) is 83.9 Å². The summed E-state index contributed by atoms with van der Waals surface area (Å²) in [5.41, 5.74) is 1.08. The molecule has 0 saturated carbocycles. The molecule has 6 nitrogen and oxygen atoms in total. The summed E-state index contributed by atoms with van der Waals surface area (Å²) in [7, 11) is -2.01. The van der Waals surface area contributed by atoms with Gasteiger partial charge in [0.1, 0.15) is 4.21 Å². The van der Waals surface area contributed by atoms with E-state index in [2.05, 4.69) is 0 Å². The van der Waals surface area contributed by atoms with Crippen molar-refractivity contribution < 1.29 is 23.1 Å². The maximum atomic E-state index is 12.4. The number of thiophene rings is 1. The summed E-state index contributed by atoms with van der Waals surface area (Å²) >= 11 is 0.934. The lowest BCUT2D eigenvalue weighted by Gasteiger charge is -2.24. The second-order valence-corrected chi connectivity index (χ2v) is 7.44. The summed E-state index contributed by atoms with van der Waals surface area (Å²) < 4.78 is 31.2. The molecule has 0 saturated heterocycles. The maximum absolute atomic E-state index is 12.4. The van der Waals surface area contributed by atoms with E-state index in [1.54, 1.807) is 7.11 Å². The summed E-state index contributed by atoms with van der Waals surface area (Å²) in [5.74, 6) is -1.12. The Morgan fingerprint density at radius 2 is 2.30 bits per heavy atom. The highest BCUT2D eigenvalue weighted by Gasteiger charge is 2.28. The molecule has 110 valence electrons. The van der Waals surface area contributed by atoms with E-state index in [0.717, 1.165) is 16.9 Å². The van der Waals surface area contributed by atoms with Crippen LogP contribution in [0, 0.1) is 0 Å². The largest absolute Gasteiger partial charge is 0.478 e. The predicted molar refractivity (Wildman–Crippen MR) is 74.6 cm³/mol. The number of sulfonamides is 1. The van der Waals surface area contributed by atoms with Crippen LogP contribution in [0.5, 0.6) is 0 Å². The molecule has 8 heteroatoms. The van der Waals surface area contributed by atoms with E-state index < -0.39 is 16.0 Å². The van der Waals surface area contributed by atoms with E-state index in [1.807, 2.05) is 6.08 Å². The fourth-order valence-corrected chi connectivity index (χ4v) is 4.61. The summed E-state index contributed by atoms with van der Waals surface area (Å²) in [6, 6.07) is 1.21. The normalized spacial score (nSPS) is 16.9. The smallest absolute Gasteiger partial charge is 0.336 e. The third-order valence-electron chi connectivity index (χ3n) is 3.01. The minimum absolute atomic E-state index is 0.00111. The number of aromatic carboxylic acids is 1. The molecule has 0 fully saturated rings. The maximum Gasteiger partial charge on any atom is 0.336 e. The van der Waals surface area contributed by atoms with Crippen LogP contribution < -0.4 is 0 Å². The van der Waals surface area contributed by atoms with E-state index in [1.165, 1.54) is 15.8 Å². The van der Waals surface area contributed by atoms with E-state index in [4.69, 9.17) is 9.84 Å². The SMILES string of the molecule is COCC1=CCN(S(=O)(=O)c2cc(C(=O)O)cs2)CC1. The number of ether oxygens (including phenoxy) is 1. The Balaban J connectivity index is 2.17. The molecule has 1 aliphatic heterocycles. The number of carbonyl (C=O) groups is 1. The van der Waals surface area contributed by atoms with Crippen molar-refractivity contribution in [2.24, 2.45) is 0 Å². The number of hydrogen-bond donors (Lipinski definition) is 1. The van der Waals surface area contributed by atoms with E-state index >= 15 is 0 Å². The lowest BCUT2D eigenvalue weighted by molar-refractivity contribution is 0.0697. The minimum Gasteiger partial charge on any atom is -0.478 e. The molecule has 2 heterocycles. The molecule has 0 spiro atoms. The van der Waals surface area contributed by atoms with Crippen molar-refractivity contribution in [1.82, 2.24) is 4.31 Å². The van der Waals surface area contributed by atoms with Crippen LogP contribution in [0.15, 0.2) is 27.3 Å². The van der Waals surface area contributed by atoms with Gasteiger partial charge in [0.15, 0.2) is 0 Å². The monoisotopic (exact) mass is 317 g/mol. The van der Waals surface area contributed by atoms with Crippen LogP contribution in [0.4, 0.5) is 0 Å². The summed E-state index contributed by atoms with van der Waals surface area (Å²) in [6.07, 6.45) is 2.47. The van der Waals surface area contributed by atoms with Crippen LogP contribution >= 0.6 is 11.3 Å². The zero-order chi connectivity index (χ0) is 14.8. The quantitative estimate of drug-likeness (QED) is 0.830. The molecule has 0 amide bonds. The number of carboxylic acid groups (broad SMARTS) is 1. The first-order valence-corrected chi connectivity index (χ1v) is 8.26. The lowest BCUT2D eigenvalue weighted by atomic mass is 10.1. The fraction of sp³-hybridized carbons (Fsp3) is 0.417. The van der Waals surface area contributed by atoms with Gasteiger partial charge in [-0.15, -0.1) is 11.3 Å². The van der Waals surface area contributed by atoms with Crippen LogP contribution in [-0.4, -0.2) is 50.6 Å². The molecule has 0 aliphatic carbocycles. The third-order valence-corrected chi connectivity index (χ3v) is 6.29. The molecular formula is C12H15NO5S2. The second kappa shape index (κ2) is 6.04. The van der Waals surface area contributed by atoms with Gasteiger partial charge in [-0.05, 0) is 18.1 Å². The molecule has 0 radical (unpaired) electrons. The summed E-state index contributed by atoms with van der Waals surface area (Å²) in [5, 5.41) is 10.2. The third kappa shape index (κ3) is 3.09. The first kappa shape index (κ1) is 15.2. The Morgan fingerprint density at radius 1 is 1.55 bits per heavy atom. The van der Waals surface area contributed by atoms with Gasteiger partial charge in [0.05, 0.1) is 12.2 Å². The average molecular weight is 317 g/mol. The zero-order valence-electron chi connectivity index (χ0n) is 10.9. The van der Waals surface area contributed by atoms with Gasteiger partial charge < -0.3 is 9.84 Å². The van der Waals surface area contributed by atoms with Crippen LogP contribution in [0.3, 0.4) is 0 Å². The van der Waals surface area contributed by atoms with Crippen LogP contribution in [0.25, 0.3) is 0 Å². The number of hydrogen-bond acceptors (Lipinski definition) is 5. The molecule has 0 unspecified atom stereocenters. The molecule has 20 heavy (non-hydrogen) atoms. The van der Waals surface area contributed by atoms with Crippen molar-refractivity contribution in [2.45, 2.75) is 10.6 Å². The van der Waals surface area contributed by atoms with Crippen molar-refractivity contribution >= 4 is 27.3 Å². The Bertz CT molecular complexity index is 632. The molecule has 0 bridgehead atoms. The van der Waals surface area contributed by atoms with Gasteiger partial charge in [-0.25, -0.2) is 13.2 Å². The van der Waals surface area contributed by atoms with E-state index in [9.17, 15) is 13.2 Å². The zero-order valence-corrected chi connectivity index (χ0v) is 12.5. The molecule has 0 aromatic carbocycles. The number of methoxy groups -OCH3 is 1. The van der Waals surface area contributed by atoms with Gasteiger partial charge in [-0.1, -0.05) is 6.08 Å². The highest BCUT2D eigenvalue weighted by Crippen LogP contribution is 2.26. The van der Waals surface area contributed by atoms with Gasteiger partial charge in [-0.2, -0.15) is 4.31 Å². The van der Waals surface area contributed by atoms with Crippen molar-refractivity contribution in [1.29, 1.82) is 0 Å².